The number of carbonyl (C=O) groups excluding carboxylic acids is 3. The molecule has 0 aliphatic heterocycles. The first kappa shape index (κ1) is 24.9. The van der Waals surface area contributed by atoms with Gasteiger partial charge >= 0.3 is 11.9 Å². The summed E-state index contributed by atoms with van der Waals surface area (Å²) in [6, 6.07) is 0. The summed E-state index contributed by atoms with van der Waals surface area (Å²) in [6.07, 6.45) is 11.2. The predicted octanol–water partition coefficient (Wildman–Crippen LogP) is 5.60. The summed E-state index contributed by atoms with van der Waals surface area (Å²) in [5, 5.41) is 0. The fraction of sp³-hybridized carbons (Fsp3) is 0.690. The van der Waals surface area contributed by atoms with Crippen LogP contribution in [0.4, 0.5) is 0 Å². The van der Waals surface area contributed by atoms with Crippen molar-refractivity contribution < 1.29 is 23.9 Å². The second-order valence-electron chi connectivity index (χ2n) is 12.3. The number of ketones is 1. The zero-order chi connectivity index (χ0) is 25.3. The van der Waals surface area contributed by atoms with Crippen LogP contribution in [0.5, 0.6) is 0 Å². The van der Waals surface area contributed by atoms with Gasteiger partial charge in [0.25, 0.3) is 0 Å². The summed E-state index contributed by atoms with van der Waals surface area (Å²) in [7, 11) is 1.41. The minimum Gasteiger partial charge on any atom is -0.466 e. The number of fused-ring (bicyclic) bond motifs is 5. The summed E-state index contributed by atoms with van der Waals surface area (Å²) < 4.78 is 11.0. The van der Waals surface area contributed by atoms with E-state index in [1.54, 1.807) is 12.2 Å². The highest BCUT2D eigenvalue weighted by Crippen LogP contribution is 2.72. The van der Waals surface area contributed by atoms with Crippen LogP contribution in [0.3, 0.4) is 0 Å². The number of esters is 2. The molecule has 0 radical (unpaired) electrons. The molecule has 0 saturated heterocycles. The van der Waals surface area contributed by atoms with Crippen LogP contribution in [-0.2, 0) is 23.9 Å². The molecule has 4 aliphatic carbocycles. The third kappa shape index (κ3) is 3.29. The molecule has 34 heavy (non-hydrogen) atoms. The van der Waals surface area contributed by atoms with Crippen molar-refractivity contribution in [2.24, 2.45) is 39.4 Å². The minimum atomic E-state index is -0.504. The van der Waals surface area contributed by atoms with E-state index in [0.717, 1.165) is 24.8 Å². The molecule has 0 N–H and O–H groups in total. The van der Waals surface area contributed by atoms with Gasteiger partial charge in [0, 0.05) is 23.8 Å². The van der Waals surface area contributed by atoms with Gasteiger partial charge in [-0.2, -0.15) is 0 Å². The summed E-state index contributed by atoms with van der Waals surface area (Å²) >= 11 is 0. The van der Waals surface area contributed by atoms with E-state index in [1.165, 1.54) is 19.6 Å². The molecule has 7 atom stereocenters. The van der Waals surface area contributed by atoms with Crippen molar-refractivity contribution in [2.45, 2.75) is 80.3 Å². The Labute approximate surface area is 204 Å². The van der Waals surface area contributed by atoms with E-state index in [0.29, 0.717) is 6.42 Å². The number of methoxy groups -OCH3 is 1. The average Bonchev–Trinajstić information content (AvgIpc) is 3.11. The summed E-state index contributed by atoms with van der Waals surface area (Å²) in [5.74, 6) is 0.123. The molecule has 0 aromatic carbocycles. The Balaban J connectivity index is 1.83. The molecule has 186 valence electrons. The van der Waals surface area contributed by atoms with Gasteiger partial charge in [-0.15, -0.1) is 0 Å². The second-order valence-corrected chi connectivity index (χ2v) is 12.3. The molecule has 0 aromatic heterocycles. The lowest BCUT2D eigenvalue weighted by Crippen LogP contribution is -2.64. The Hall–Kier alpha value is -2.17. The first-order valence-corrected chi connectivity index (χ1v) is 12.6. The number of rotatable bonds is 3. The Morgan fingerprint density at radius 3 is 2.38 bits per heavy atom. The lowest BCUT2D eigenvalue weighted by Gasteiger charge is -2.66. The van der Waals surface area contributed by atoms with Crippen LogP contribution in [0.2, 0.25) is 0 Å². The topological polar surface area (TPSA) is 69.7 Å². The number of carbonyl (C=O) groups is 3. The van der Waals surface area contributed by atoms with Crippen molar-refractivity contribution in [3.63, 3.8) is 0 Å². The molecule has 2 fully saturated rings. The van der Waals surface area contributed by atoms with E-state index in [-0.39, 0.29) is 57.8 Å². The molecule has 0 aromatic rings. The second kappa shape index (κ2) is 7.93. The van der Waals surface area contributed by atoms with Gasteiger partial charge < -0.3 is 9.47 Å². The molecule has 4 rings (SSSR count). The van der Waals surface area contributed by atoms with Crippen molar-refractivity contribution in [3.8, 4) is 0 Å². The number of hydrogen-bond acceptors (Lipinski definition) is 5. The third-order valence-corrected chi connectivity index (χ3v) is 10.3. The van der Waals surface area contributed by atoms with Gasteiger partial charge in [0.1, 0.15) is 6.10 Å². The minimum absolute atomic E-state index is 0.100. The molecule has 0 bridgehead atoms. The monoisotopic (exact) mass is 468 g/mol. The summed E-state index contributed by atoms with van der Waals surface area (Å²) in [5.41, 5.74) is 1.26. The molecular weight excluding hydrogens is 428 g/mol. The van der Waals surface area contributed by atoms with E-state index in [9.17, 15) is 14.4 Å². The standard InChI is InChI=1S/C29H40O5/c1-17(15-25(32)33-8)19-9-10-20-27(19,5)13-11-21-28(6)14-12-23(31)26(3,4)22(28)16-24(29(20,21)7)34-18(2)30/h10,12,14-15,19,21-22,24H,9,11,13,16H2,1-8H3/b17-15+/t19-,21+,22-,24+,27-,28+,29-/m0/s1. The molecule has 5 heteroatoms. The van der Waals surface area contributed by atoms with Gasteiger partial charge in [-0.1, -0.05) is 57.9 Å². The first-order chi connectivity index (χ1) is 15.7. The van der Waals surface area contributed by atoms with Gasteiger partial charge in [-0.05, 0) is 67.3 Å². The molecule has 0 unspecified atom stereocenters. The van der Waals surface area contributed by atoms with Crippen LogP contribution in [0, 0.1) is 39.4 Å². The summed E-state index contributed by atoms with van der Waals surface area (Å²) in [6.45, 7) is 14.5. The Morgan fingerprint density at radius 1 is 1.09 bits per heavy atom. The highest BCUT2D eigenvalue weighted by molar-refractivity contribution is 5.95. The van der Waals surface area contributed by atoms with Gasteiger partial charge in [-0.25, -0.2) is 4.79 Å². The van der Waals surface area contributed by atoms with Crippen LogP contribution < -0.4 is 0 Å². The number of hydrogen-bond donors (Lipinski definition) is 0. The van der Waals surface area contributed by atoms with E-state index in [4.69, 9.17) is 9.47 Å². The Morgan fingerprint density at radius 2 is 1.76 bits per heavy atom. The van der Waals surface area contributed by atoms with Crippen LogP contribution in [0.15, 0.2) is 35.5 Å². The van der Waals surface area contributed by atoms with Crippen molar-refractivity contribution in [1.82, 2.24) is 0 Å². The average molecular weight is 469 g/mol. The van der Waals surface area contributed by atoms with Crippen molar-refractivity contribution in [2.75, 3.05) is 7.11 Å². The maximum atomic E-state index is 12.9. The van der Waals surface area contributed by atoms with Gasteiger partial charge in [0.2, 0.25) is 0 Å². The third-order valence-electron chi connectivity index (χ3n) is 10.3. The maximum Gasteiger partial charge on any atom is 0.330 e. The molecule has 5 nitrogen and oxygen atoms in total. The predicted molar refractivity (Wildman–Crippen MR) is 131 cm³/mol. The van der Waals surface area contributed by atoms with Crippen LogP contribution >= 0.6 is 0 Å². The number of allylic oxidation sites excluding steroid dienone is 4. The normalized spacial score (nSPS) is 42.8. The Kier molecular flexibility index (Phi) is 5.81. The van der Waals surface area contributed by atoms with Gasteiger partial charge in [0.15, 0.2) is 5.78 Å². The zero-order valence-electron chi connectivity index (χ0n) is 22.0. The summed E-state index contributed by atoms with van der Waals surface area (Å²) in [4.78, 5) is 37.2. The highest BCUT2D eigenvalue weighted by Gasteiger charge is 2.68. The maximum absolute atomic E-state index is 12.9. The lowest BCUT2D eigenvalue weighted by molar-refractivity contribution is -0.187. The SMILES string of the molecule is COC(=O)/C=C(\C)[C@@H]1CC=C2[C@@]3(C)[C@H](CC[C@]21C)[C@@]1(C)C=CC(=O)C(C)(C)[C@@H]1C[C@H]3OC(C)=O. The molecular formula is C29H40O5. The van der Waals surface area contributed by atoms with E-state index in [2.05, 4.69) is 32.9 Å². The highest BCUT2D eigenvalue weighted by atomic mass is 16.5. The van der Waals surface area contributed by atoms with E-state index in [1.807, 2.05) is 20.8 Å². The molecule has 4 aliphatic rings. The fourth-order valence-corrected chi connectivity index (χ4v) is 8.65. The lowest BCUT2D eigenvalue weighted by atomic mass is 9.38. The van der Waals surface area contributed by atoms with Crippen LogP contribution in [-0.4, -0.2) is 30.9 Å². The van der Waals surface area contributed by atoms with Gasteiger partial charge in [0.05, 0.1) is 7.11 Å². The quantitative estimate of drug-likeness (QED) is 0.306. The van der Waals surface area contributed by atoms with Crippen molar-refractivity contribution >= 4 is 17.7 Å². The van der Waals surface area contributed by atoms with Crippen molar-refractivity contribution in [3.05, 3.63) is 35.5 Å². The molecule has 2 saturated carbocycles. The Bertz CT molecular complexity index is 1020. The van der Waals surface area contributed by atoms with Crippen molar-refractivity contribution in [1.29, 1.82) is 0 Å². The van der Waals surface area contributed by atoms with Crippen LogP contribution in [0.25, 0.3) is 0 Å². The fourth-order valence-electron chi connectivity index (χ4n) is 8.65. The molecule has 0 heterocycles. The largest absolute Gasteiger partial charge is 0.466 e. The van der Waals surface area contributed by atoms with E-state index >= 15 is 0 Å². The smallest absolute Gasteiger partial charge is 0.330 e. The number of ether oxygens (including phenoxy) is 2. The van der Waals surface area contributed by atoms with E-state index < -0.39 is 5.41 Å². The molecule has 0 spiro atoms. The van der Waals surface area contributed by atoms with Crippen LogP contribution in [0.1, 0.15) is 74.1 Å². The first-order valence-electron chi connectivity index (χ1n) is 12.6. The van der Waals surface area contributed by atoms with Gasteiger partial charge in [-0.3, -0.25) is 9.59 Å². The molecule has 0 amide bonds. The zero-order valence-corrected chi connectivity index (χ0v) is 22.0.